The zero-order valence-electron chi connectivity index (χ0n) is 16.9. The lowest BCUT2D eigenvalue weighted by Gasteiger charge is -2.35. The van der Waals surface area contributed by atoms with E-state index in [1.165, 1.54) is 8.61 Å². The zero-order valence-corrected chi connectivity index (χ0v) is 17.7. The van der Waals surface area contributed by atoms with Crippen LogP contribution in [0.15, 0.2) is 24.3 Å². The van der Waals surface area contributed by atoms with Gasteiger partial charge in [0.05, 0.1) is 24.8 Å². The van der Waals surface area contributed by atoms with Gasteiger partial charge in [0.25, 0.3) is 0 Å². The van der Waals surface area contributed by atoms with Crippen molar-refractivity contribution in [1.29, 1.82) is 0 Å². The average Bonchev–Trinajstić information content (AvgIpc) is 2.70. The van der Waals surface area contributed by atoms with E-state index >= 15 is 0 Å². The van der Waals surface area contributed by atoms with Crippen molar-refractivity contribution < 1.29 is 22.7 Å². The summed E-state index contributed by atoms with van der Waals surface area (Å²) < 4.78 is 39.6. The van der Waals surface area contributed by atoms with E-state index in [9.17, 15) is 13.2 Å². The first-order valence-corrected chi connectivity index (χ1v) is 11.1. The first kappa shape index (κ1) is 22.4. The molecule has 28 heavy (non-hydrogen) atoms. The molecule has 0 spiro atoms. The SMILES string of the molecule is CCOc1ccc(N(CC)S(=O)(=O)N2CCC[C@H](C(=O)NCCOC)C2)cc1. The van der Waals surface area contributed by atoms with Gasteiger partial charge in [-0.3, -0.25) is 9.10 Å². The van der Waals surface area contributed by atoms with E-state index in [1.54, 1.807) is 38.3 Å². The minimum absolute atomic E-state index is 0.124. The molecule has 1 aliphatic rings. The fourth-order valence-corrected chi connectivity index (χ4v) is 5.00. The molecule has 1 aliphatic heterocycles. The number of methoxy groups -OCH3 is 1. The van der Waals surface area contributed by atoms with Crippen LogP contribution in [0, 0.1) is 5.92 Å². The number of amides is 1. The Hall–Kier alpha value is -1.84. The number of nitrogens with one attached hydrogen (secondary N) is 1. The van der Waals surface area contributed by atoms with Crippen molar-refractivity contribution in [3.05, 3.63) is 24.3 Å². The summed E-state index contributed by atoms with van der Waals surface area (Å²) in [5, 5.41) is 2.81. The normalized spacial score (nSPS) is 17.9. The van der Waals surface area contributed by atoms with Gasteiger partial charge < -0.3 is 14.8 Å². The molecule has 1 fully saturated rings. The summed E-state index contributed by atoms with van der Waals surface area (Å²) in [5.74, 6) is 0.228. The maximum Gasteiger partial charge on any atom is 0.304 e. The molecule has 0 radical (unpaired) electrons. The van der Waals surface area contributed by atoms with Crippen molar-refractivity contribution in [2.24, 2.45) is 5.92 Å². The van der Waals surface area contributed by atoms with Gasteiger partial charge in [0.15, 0.2) is 0 Å². The standard InChI is InChI=1S/C19H31N3O5S/c1-4-22(17-8-10-18(11-9-17)27-5-2)28(24,25)21-13-6-7-16(15-21)19(23)20-12-14-26-3/h8-11,16H,4-7,12-15H2,1-3H3,(H,20,23)/t16-/m0/s1. The monoisotopic (exact) mass is 413 g/mol. The molecule has 0 saturated carbocycles. The van der Waals surface area contributed by atoms with Crippen LogP contribution in [0.1, 0.15) is 26.7 Å². The molecule has 0 aliphatic carbocycles. The summed E-state index contributed by atoms with van der Waals surface area (Å²) in [6.07, 6.45) is 1.34. The Morgan fingerprint density at radius 2 is 2.00 bits per heavy atom. The van der Waals surface area contributed by atoms with Crippen LogP contribution >= 0.6 is 0 Å². The second kappa shape index (κ2) is 10.6. The summed E-state index contributed by atoms with van der Waals surface area (Å²) in [6.45, 7) is 6.01. The van der Waals surface area contributed by atoms with Crippen LogP contribution in [0.5, 0.6) is 5.75 Å². The molecule has 1 N–H and O–H groups in total. The number of hydrogen-bond donors (Lipinski definition) is 1. The second-order valence-corrected chi connectivity index (χ2v) is 8.43. The van der Waals surface area contributed by atoms with Gasteiger partial charge in [-0.15, -0.1) is 0 Å². The Morgan fingerprint density at radius 1 is 1.29 bits per heavy atom. The van der Waals surface area contributed by atoms with Gasteiger partial charge >= 0.3 is 10.2 Å². The van der Waals surface area contributed by atoms with E-state index in [2.05, 4.69) is 5.32 Å². The number of benzene rings is 1. The molecule has 158 valence electrons. The lowest BCUT2D eigenvalue weighted by Crippen LogP contribution is -2.50. The van der Waals surface area contributed by atoms with Crippen LogP contribution in [0.3, 0.4) is 0 Å². The van der Waals surface area contributed by atoms with Gasteiger partial charge in [0.2, 0.25) is 5.91 Å². The lowest BCUT2D eigenvalue weighted by molar-refractivity contribution is -0.126. The average molecular weight is 414 g/mol. The Labute approximate surface area is 168 Å². The van der Waals surface area contributed by atoms with Crippen molar-refractivity contribution in [2.75, 3.05) is 50.8 Å². The predicted octanol–water partition coefficient (Wildman–Crippen LogP) is 1.63. The molecular weight excluding hydrogens is 382 g/mol. The maximum atomic E-state index is 13.2. The number of carbonyl (C=O) groups is 1. The van der Waals surface area contributed by atoms with Crippen LogP contribution in [0.2, 0.25) is 0 Å². The molecule has 8 nitrogen and oxygen atoms in total. The highest BCUT2D eigenvalue weighted by molar-refractivity contribution is 7.90. The van der Waals surface area contributed by atoms with E-state index < -0.39 is 10.2 Å². The minimum Gasteiger partial charge on any atom is -0.494 e. The number of carbonyl (C=O) groups excluding carboxylic acids is 1. The van der Waals surface area contributed by atoms with Gasteiger partial charge in [-0.05, 0) is 51.0 Å². The maximum absolute atomic E-state index is 13.2. The highest BCUT2D eigenvalue weighted by atomic mass is 32.2. The molecule has 0 unspecified atom stereocenters. The largest absolute Gasteiger partial charge is 0.494 e. The third kappa shape index (κ3) is 5.59. The van der Waals surface area contributed by atoms with E-state index in [4.69, 9.17) is 9.47 Å². The summed E-state index contributed by atoms with van der Waals surface area (Å²) in [6, 6.07) is 7.01. The first-order chi connectivity index (χ1) is 13.4. The quantitative estimate of drug-likeness (QED) is 0.589. The van der Waals surface area contributed by atoms with Gasteiger partial charge in [0.1, 0.15) is 5.75 Å². The number of ether oxygens (including phenoxy) is 2. The summed E-state index contributed by atoms with van der Waals surface area (Å²) in [7, 11) is -2.15. The molecule has 1 heterocycles. The highest BCUT2D eigenvalue weighted by Crippen LogP contribution is 2.26. The third-order valence-electron chi connectivity index (χ3n) is 4.69. The van der Waals surface area contributed by atoms with Crippen molar-refractivity contribution in [3.63, 3.8) is 0 Å². The fraction of sp³-hybridized carbons (Fsp3) is 0.632. The summed E-state index contributed by atoms with van der Waals surface area (Å²) >= 11 is 0. The molecular formula is C19H31N3O5S. The van der Waals surface area contributed by atoms with E-state index in [0.717, 1.165) is 0 Å². The van der Waals surface area contributed by atoms with Gasteiger partial charge in [0, 0.05) is 33.3 Å². The van der Waals surface area contributed by atoms with Crippen molar-refractivity contribution >= 4 is 21.8 Å². The van der Waals surface area contributed by atoms with E-state index in [1.807, 2.05) is 6.92 Å². The second-order valence-electron chi connectivity index (χ2n) is 6.58. The number of hydrogen-bond acceptors (Lipinski definition) is 5. The number of piperidine rings is 1. The molecule has 1 aromatic carbocycles. The smallest absolute Gasteiger partial charge is 0.304 e. The highest BCUT2D eigenvalue weighted by Gasteiger charge is 2.35. The number of rotatable bonds is 10. The Kier molecular flexibility index (Phi) is 8.53. The molecule has 1 saturated heterocycles. The molecule has 0 bridgehead atoms. The first-order valence-electron chi connectivity index (χ1n) is 9.71. The molecule has 9 heteroatoms. The molecule has 1 amide bonds. The van der Waals surface area contributed by atoms with Gasteiger partial charge in [-0.2, -0.15) is 12.7 Å². The Bertz CT molecular complexity index is 724. The molecule has 0 aromatic heterocycles. The van der Waals surface area contributed by atoms with Crippen molar-refractivity contribution in [3.8, 4) is 5.75 Å². The van der Waals surface area contributed by atoms with E-state index in [0.29, 0.717) is 57.1 Å². The van der Waals surface area contributed by atoms with Crippen molar-refractivity contribution in [1.82, 2.24) is 9.62 Å². The Morgan fingerprint density at radius 3 is 2.61 bits per heavy atom. The number of anilines is 1. The van der Waals surface area contributed by atoms with Crippen LogP contribution < -0.4 is 14.4 Å². The number of nitrogens with zero attached hydrogens (tertiary/aromatic N) is 2. The molecule has 1 atom stereocenters. The minimum atomic E-state index is -3.72. The van der Waals surface area contributed by atoms with Crippen LogP contribution in [-0.2, 0) is 19.7 Å². The van der Waals surface area contributed by atoms with Crippen molar-refractivity contribution in [2.45, 2.75) is 26.7 Å². The predicted molar refractivity (Wildman–Crippen MR) is 109 cm³/mol. The van der Waals surface area contributed by atoms with Crippen LogP contribution in [0.4, 0.5) is 5.69 Å². The lowest BCUT2D eigenvalue weighted by atomic mass is 9.99. The van der Waals surface area contributed by atoms with Crippen LogP contribution in [-0.4, -0.2) is 65.1 Å². The topological polar surface area (TPSA) is 88.2 Å². The van der Waals surface area contributed by atoms with Gasteiger partial charge in [-0.1, -0.05) is 0 Å². The van der Waals surface area contributed by atoms with Gasteiger partial charge in [-0.25, -0.2) is 0 Å². The zero-order chi connectivity index (χ0) is 20.6. The summed E-state index contributed by atoms with van der Waals surface area (Å²) in [5.41, 5.74) is 0.581. The summed E-state index contributed by atoms with van der Waals surface area (Å²) in [4.78, 5) is 12.3. The Balaban J connectivity index is 2.10. The molecule has 1 aromatic rings. The fourth-order valence-electron chi connectivity index (χ4n) is 3.28. The van der Waals surface area contributed by atoms with Crippen LogP contribution in [0.25, 0.3) is 0 Å². The third-order valence-corrected chi connectivity index (χ3v) is 6.70. The molecule has 2 rings (SSSR count). The van der Waals surface area contributed by atoms with E-state index in [-0.39, 0.29) is 18.4 Å².